The lowest BCUT2D eigenvalue weighted by Gasteiger charge is -2.13. The number of phenolic OH excluding ortho intramolecular Hbond substituents is 1. The molecule has 3 rings (SSSR count). The van der Waals surface area contributed by atoms with E-state index in [0.29, 0.717) is 12.1 Å². The number of hydrogen-bond acceptors (Lipinski definition) is 8. The molecule has 0 bridgehead atoms. The summed E-state index contributed by atoms with van der Waals surface area (Å²) in [7, 11) is 0. The number of unbranched alkanes of at least 4 members (excludes halogenated alkanes) is 1. The minimum atomic E-state index is -1.21. The van der Waals surface area contributed by atoms with Crippen LogP contribution in [-0.4, -0.2) is 31.3 Å². The van der Waals surface area contributed by atoms with Crippen molar-refractivity contribution in [2.75, 3.05) is 6.54 Å². The molecule has 0 spiro atoms. The van der Waals surface area contributed by atoms with Gasteiger partial charge in [0, 0.05) is 13.1 Å². The molecule has 1 N–H and O–H groups in total. The summed E-state index contributed by atoms with van der Waals surface area (Å²) in [6.07, 6.45) is 2.63. The van der Waals surface area contributed by atoms with Crippen molar-refractivity contribution < 1.29 is 19.9 Å². The van der Waals surface area contributed by atoms with E-state index in [2.05, 4.69) is 36.1 Å². The van der Waals surface area contributed by atoms with Crippen molar-refractivity contribution >= 4 is 17.1 Å². The van der Waals surface area contributed by atoms with Gasteiger partial charge in [-0.2, -0.15) is 0 Å². The first-order valence-electron chi connectivity index (χ1n) is 8.83. The molecular weight excluding hydrogens is 384 g/mol. The molecule has 0 radical (unpaired) electrons. The number of nitro groups is 3. The van der Waals surface area contributed by atoms with Crippen LogP contribution in [0.15, 0.2) is 36.4 Å². The number of non-ortho nitro benzene ring substituents is 1. The Kier molecular flexibility index (Phi) is 7.15. The predicted molar refractivity (Wildman–Crippen MR) is 104 cm³/mol. The fraction of sp³-hybridized carbons (Fsp3) is 0.333. The first kappa shape index (κ1) is 21.7. The van der Waals surface area contributed by atoms with Crippen LogP contribution in [0.4, 0.5) is 17.1 Å². The van der Waals surface area contributed by atoms with E-state index in [1.54, 1.807) is 0 Å². The van der Waals surface area contributed by atoms with E-state index in [-0.39, 0.29) is 0 Å². The smallest absolute Gasteiger partial charge is 0.324 e. The van der Waals surface area contributed by atoms with Crippen molar-refractivity contribution in [2.45, 2.75) is 32.9 Å². The van der Waals surface area contributed by atoms with Gasteiger partial charge in [-0.15, -0.1) is 0 Å². The van der Waals surface area contributed by atoms with E-state index in [4.69, 9.17) is 5.11 Å². The van der Waals surface area contributed by atoms with Gasteiger partial charge >= 0.3 is 11.4 Å². The summed E-state index contributed by atoms with van der Waals surface area (Å²) in [5.41, 5.74) is 0.0511. The Morgan fingerprint density at radius 2 is 1.41 bits per heavy atom. The zero-order valence-electron chi connectivity index (χ0n) is 15.7. The summed E-state index contributed by atoms with van der Waals surface area (Å²) in [5.74, 6) is -1.21. The highest BCUT2D eigenvalue weighted by molar-refractivity contribution is 5.64. The van der Waals surface area contributed by atoms with Crippen molar-refractivity contribution in [1.82, 2.24) is 4.90 Å². The number of benzene rings is 2. The maximum Gasteiger partial charge on any atom is 0.324 e. The van der Waals surface area contributed by atoms with E-state index in [1.807, 2.05) is 0 Å². The van der Waals surface area contributed by atoms with Crippen molar-refractivity contribution in [3.05, 3.63) is 77.9 Å². The highest BCUT2D eigenvalue weighted by Crippen LogP contribution is 2.38. The average molecular weight is 404 g/mol. The molecule has 1 heterocycles. The molecule has 0 unspecified atom stereocenters. The lowest BCUT2D eigenvalue weighted by atomic mass is 10.1. The van der Waals surface area contributed by atoms with Gasteiger partial charge in [-0.05, 0) is 24.1 Å². The molecule has 0 aromatic heterocycles. The molecule has 2 aromatic carbocycles. The number of aromatic hydroxyl groups is 1. The molecule has 154 valence electrons. The second kappa shape index (κ2) is 9.55. The SMILES string of the molecule is CCCCN1Cc2ccccc2C1.O=[N+]([O-])c1cc([N+](=O)[O-])c(O)c([N+](=O)[O-])c1. The highest BCUT2D eigenvalue weighted by Gasteiger charge is 2.30. The molecule has 1 aliphatic heterocycles. The fourth-order valence-corrected chi connectivity index (χ4v) is 2.92. The van der Waals surface area contributed by atoms with Gasteiger partial charge in [-0.3, -0.25) is 35.2 Å². The fourth-order valence-electron chi connectivity index (χ4n) is 2.92. The average Bonchev–Trinajstić information content (AvgIpc) is 3.09. The summed E-state index contributed by atoms with van der Waals surface area (Å²) in [5, 5.41) is 40.2. The Hall–Kier alpha value is -3.60. The van der Waals surface area contributed by atoms with Crippen LogP contribution in [-0.2, 0) is 13.1 Å². The first-order valence-corrected chi connectivity index (χ1v) is 8.83. The van der Waals surface area contributed by atoms with Crippen LogP contribution in [0.1, 0.15) is 30.9 Å². The second-order valence-corrected chi connectivity index (χ2v) is 6.44. The van der Waals surface area contributed by atoms with Crippen LogP contribution >= 0.6 is 0 Å². The highest BCUT2D eigenvalue weighted by atomic mass is 16.6. The Labute approximate surface area is 165 Å². The zero-order valence-corrected chi connectivity index (χ0v) is 15.7. The quantitative estimate of drug-likeness (QED) is 0.561. The molecule has 29 heavy (non-hydrogen) atoms. The number of nitrogens with zero attached hydrogens (tertiary/aromatic N) is 4. The van der Waals surface area contributed by atoms with Gasteiger partial charge in [0.15, 0.2) is 0 Å². The molecule has 0 atom stereocenters. The van der Waals surface area contributed by atoms with E-state index in [9.17, 15) is 30.3 Å². The minimum absolute atomic E-state index is 0.447. The van der Waals surface area contributed by atoms with Crippen LogP contribution in [0.25, 0.3) is 0 Å². The van der Waals surface area contributed by atoms with E-state index >= 15 is 0 Å². The van der Waals surface area contributed by atoms with Crippen LogP contribution in [0.3, 0.4) is 0 Å². The van der Waals surface area contributed by atoms with E-state index in [1.165, 1.54) is 30.5 Å². The molecule has 11 heteroatoms. The van der Waals surface area contributed by atoms with Crippen molar-refractivity contribution in [1.29, 1.82) is 0 Å². The van der Waals surface area contributed by atoms with Gasteiger partial charge in [-0.1, -0.05) is 37.6 Å². The standard InChI is InChI=1S/C12H17N.C6H3N3O7/c1-2-3-8-13-9-11-6-4-5-7-12(11)10-13;10-6-4(8(13)14)1-3(7(11)12)2-5(6)9(15)16/h4-7H,2-3,8-10H2,1H3;1-2,10H. The van der Waals surface area contributed by atoms with Gasteiger partial charge in [0.25, 0.3) is 11.4 Å². The summed E-state index contributed by atoms with van der Waals surface area (Å²) < 4.78 is 0. The van der Waals surface area contributed by atoms with Crippen molar-refractivity contribution in [2.24, 2.45) is 0 Å². The molecule has 0 saturated carbocycles. The maximum absolute atomic E-state index is 10.4. The van der Waals surface area contributed by atoms with Crippen LogP contribution in [0.5, 0.6) is 5.75 Å². The van der Waals surface area contributed by atoms with Crippen molar-refractivity contribution in [3.63, 3.8) is 0 Å². The number of fused-ring (bicyclic) bond motifs is 1. The molecule has 1 aliphatic rings. The number of phenols is 1. The summed E-state index contributed by atoms with van der Waals surface area (Å²) in [4.78, 5) is 30.3. The summed E-state index contributed by atoms with van der Waals surface area (Å²) in [6, 6.07) is 9.68. The summed E-state index contributed by atoms with van der Waals surface area (Å²) >= 11 is 0. The van der Waals surface area contributed by atoms with E-state index < -0.39 is 37.6 Å². The topological polar surface area (TPSA) is 153 Å². The second-order valence-electron chi connectivity index (χ2n) is 6.44. The Balaban J connectivity index is 0.000000211. The van der Waals surface area contributed by atoms with Gasteiger partial charge in [0.1, 0.15) is 0 Å². The van der Waals surface area contributed by atoms with Crippen LogP contribution in [0, 0.1) is 30.3 Å². The lowest BCUT2D eigenvalue weighted by molar-refractivity contribution is -0.404. The number of rotatable bonds is 6. The number of hydrogen-bond donors (Lipinski definition) is 1. The monoisotopic (exact) mass is 404 g/mol. The third-order valence-corrected chi connectivity index (χ3v) is 4.39. The van der Waals surface area contributed by atoms with E-state index in [0.717, 1.165) is 13.1 Å². The molecule has 0 amide bonds. The third-order valence-electron chi connectivity index (χ3n) is 4.39. The predicted octanol–water partition coefficient (Wildman–Crippen LogP) is 3.92. The summed E-state index contributed by atoms with van der Waals surface area (Å²) in [6.45, 7) is 5.83. The lowest BCUT2D eigenvalue weighted by Crippen LogP contribution is -2.17. The van der Waals surface area contributed by atoms with Gasteiger partial charge in [0.05, 0.1) is 26.9 Å². The van der Waals surface area contributed by atoms with Gasteiger partial charge < -0.3 is 5.11 Å². The normalized spacial score (nSPS) is 12.6. The molecule has 0 fully saturated rings. The van der Waals surface area contributed by atoms with Gasteiger partial charge in [-0.25, -0.2) is 0 Å². The first-order chi connectivity index (χ1) is 13.7. The Morgan fingerprint density at radius 1 is 0.931 bits per heavy atom. The largest absolute Gasteiger partial charge is 0.497 e. The van der Waals surface area contributed by atoms with Crippen LogP contribution in [0.2, 0.25) is 0 Å². The van der Waals surface area contributed by atoms with Gasteiger partial charge in [0.2, 0.25) is 0 Å². The minimum Gasteiger partial charge on any atom is -0.497 e. The Bertz CT molecular complexity index is 872. The molecule has 11 nitrogen and oxygen atoms in total. The third kappa shape index (κ3) is 5.45. The maximum atomic E-state index is 10.4. The van der Waals surface area contributed by atoms with Crippen molar-refractivity contribution in [3.8, 4) is 5.75 Å². The number of nitro benzene ring substituents is 3. The Morgan fingerprint density at radius 3 is 1.79 bits per heavy atom. The molecule has 0 aliphatic carbocycles. The molecular formula is C18H20N4O7. The zero-order chi connectivity index (χ0) is 21.6. The molecule has 0 saturated heterocycles. The van der Waals surface area contributed by atoms with Crippen LogP contribution < -0.4 is 0 Å². The molecule has 2 aromatic rings.